The molecule has 8 nitrogen and oxygen atoms in total. The molecule has 6 rings (SSSR count). The minimum absolute atomic E-state index is 0.0541. The Morgan fingerprint density at radius 1 is 1.12 bits per heavy atom. The number of ether oxygens (including phenoxy) is 1. The first kappa shape index (κ1) is 21.2. The van der Waals surface area contributed by atoms with Gasteiger partial charge in [-0.3, -0.25) is 14.5 Å². The second-order valence-corrected chi connectivity index (χ2v) is 9.99. The van der Waals surface area contributed by atoms with Gasteiger partial charge < -0.3 is 15.8 Å². The molecule has 3 N–H and O–H groups in total. The van der Waals surface area contributed by atoms with Crippen molar-refractivity contribution in [1.29, 1.82) is 0 Å². The molecule has 4 aliphatic carbocycles. The number of aromatic nitrogens is 1. The molecule has 1 aliphatic heterocycles. The molecule has 2 unspecified atom stereocenters. The Labute approximate surface area is 188 Å². The zero-order valence-electron chi connectivity index (χ0n) is 18.4. The maximum Gasteiger partial charge on any atom is 0.325 e. The van der Waals surface area contributed by atoms with Crippen LogP contribution in [0.4, 0.5) is 4.79 Å². The average molecular weight is 441 g/mol. The van der Waals surface area contributed by atoms with Gasteiger partial charge in [-0.05, 0) is 81.3 Å². The average Bonchev–Trinajstić information content (AvgIpc) is 3.08. The second kappa shape index (κ2) is 8.71. The lowest BCUT2D eigenvalue weighted by Crippen LogP contribution is -2.44. The molecule has 2 atom stereocenters. The third kappa shape index (κ3) is 4.07. The van der Waals surface area contributed by atoms with Crippen molar-refractivity contribution < 1.29 is 19.1 Å². The summed E-state index contributed by atoms with van der Waals surface area (Å²) in [6.07, 6.45) is 11.4. The van der Waals surface area contributed by atoms with Crippen LogP contribution in [-0.2, 0) is 4.79 Å². The van der Waals surface area contributed by atoms with E-state index in [1.54, 1.807) is 18.3 Å². The van der Waals surface area contributed by atoms with Crippen molar-refractivity contribution in [2.75, 3.05) is 0 Å². The van der Waals surface area contributed by atoms with E-state index in [2.05, 4.69) is 10.3 Å². The summed E-state index contributed by atoms with van der Waals surface area (Å²) in [7, 11) is 0. The van der Waals surface area contributed by atoms with Crippen molar-refractivity contribution in [3.8, 4) is 5.88 Å². The van der Waals surface area contributed by atoms with Crippen LogP contribution in [0.3, 0.4) is 0 Å². The molecule has 32 heavy (non-hydrogen) atoms. The summed E-state index contributed by atoms with van der Waals surface area (Å²) < 4.78 is 5.95. The van der Waals surface area contributed by atoms with Crippen LogP contribution in [0.15, 0.2) is 18.3 Å². The highest BCUT2D eigenvalue weighted by Crippen LogP contribution is 2.47. The van der Waals surface area contributed by atoms with E-state index in [0.717, 1.165) is 18.3 Å². The molecule has 172 valence electrons. The third-order valence-corrected chi connectivity index (χ3v) is 8.11. The molecule has 0 spiro atoms. The Kier molecular flexibility index (Phi) is 5.78. The molecular weight excluding hydrogens is 408 g/mol. The highest BCUT2D eigenvalue weighted by atomic mass is 16.5. The number of carbonyl (C=O) groups excluding carboxylic acids is 3. The van der Waals surface area contributed by atoms with Gasteiger partial charge in [-0.15, -0.1) is 0 Å². The maximum atomic E-state index is 13.1. The highest BCUT2D eigenvalue weighted by Gasteiger charge is 2.46. The maximum absolute atomic E-state index is 13.1. The minimum atomic E-state index is -0.571. The summed E-state index contributed by atoms with van der Waals surface area (Å²) in [5, 5.41) is 2.97. The van der Waals surface area contributed by atoms with Gasteiger partial charge in [0.05, 0.1) is 0 Å². The summed E-state index contributed by atoms with van der Waals surface area (Å²) in [6.45, 7) is 0. The fourth-order valence-electron chi connectivity index (χ4n) is 6.41. The van der Waals surface area contributed by atoms with E-state index in [9.17, 15) is 14.4 Å². The van der Waals surface area contributed by atoms with E-state index in [1.807, 2.05) is 0 Å². The lowest BCUT2D eigenvalue weighted by atomic mass is 9.63. The number of urea groups is 1. The summed E-state index contributed by atoms with van der Waals surface area (Å²) in [5.74, 6) is 1.74. The number of pyridine rings is 1. The van der Waals surface area contributed by atoms with Gasteiger partial charge in [0.15, 0.2) is 0 Å². The van der Waals surface area contributed by atoms with Crippen LogP contribution in [0.2, 0.25) is 0 Å². The molecule has 0 radical (unpaired) electrons. The standard InChI is InChI=1S/C24H32N4O4/c25-21(29)19-2-1-11-26-22(19)32-18-9-7-17(8-10-18)28-23(30)20(27-24(28)31)13-16-12-14-3-5-15(16)6-4-14/h1-2,11,14-18,20H,3-10,12-13H2,(H2,25,29)(H,27,31)/t14?,15?,16?,17-,18-,20?. The normalized spacial score (nSPS) is 34.4. The number of nitrogens with one attached hydrogen (secondary N) is 1. The van der Waals surface area contributed by atoms with Crippen LogP contribution in [0, 0.1) is 17.8 Å². The molecule has 2 heterocycles. The Bertz CT molecular complexity index is 890. The predicted molar refractivity (Wildman–Crippen MR) is 117 cm³/mol. The molecule has 1 saturated heterocycles. The molecule has 1 aromatic heterocycles. The van der Waals surface area contributed by atoms with Crippen molar-refractivity contribution in [2.24, 2.45) is 23.5 Å². The fraction of sp³-hybridized carbons (Fsp3) is 0.667. The number of amides is 4. The summed E-state index contributed by atoms with van der Waals surface area (Å²) >= 11 is 0. The molecule has 4 saturated carbocycles. The summed E-state index contributed by atoms with van der Waals surface area (Å²) in [4.78, 5) is 43.0. The minimum Gasteiger partial charge on any atom is -0.474 e. The first-order chi connectivity index (χ1) is 15.5. The van der Waals surface area contributed by atoms with Crippen LogP contribution in [0.1, 0.15) is 74.6 Å². The largest absolute Gasteiger partial charge is 0.474 e. The molecule has 8 heteroatoms. The number of carbonyl (C=O) groups is 3. The van der Waals surface area contributed by atoms with Gasteiger partial charge in [-0.25, -0.2) is 9.78 Å². The van der Waals surface area contributed by atoms with E-state index in [4.69, 9.17) is 10.5 Å². The Hall–Kier alpha value is -2.64. The van der Waals surface area contributed by atoms with Gasteiger partial charge >= 0.3 is 6.03 Å². The van der Waals surface area contributed by atoms with Gasteiger partial charge in [0.2, 0.25) is 5.88 Å². The number of rotatable bonds is 6. The van der Waals surface area contributed by atoms with Gasteiger partial charge in [-0.2, -0.15) is 0 Å². The first-order valence-electron chi connectivity index (χ1n) is 12.0. The van der Waals surface area contributed by atoms with Crippen molar-refractivity contribution in [3.63, 3.8) is 0 Å². The number of hydrogen-bond acceptors (Lipinski definition) is 5. The van der Waals surface area contributed by atoms with Gasteiger partial charge in [0.1, 0.15) is 17.7 Å². The molecule has 5 fully saturated rings. The molecular formula is C24H32N4O4. The molecule has 2 bridgehead atoms. The number of imide groups is 1. The predicted octanol–water partition coefficient (Wildman–Crippen LogP) is 3.01. The SMILES string of the molecule is NC(=O)c1cccnc1O[C@H]1CC[C@H](N2C(=O)NC(CC3CC4CCC3CC4)C2=O)CC1. The first-order valence-corrected chi connectivity index (χ1v) is 12.0. The van der Waals surface area contributed by atoms with Crippen molar-refractivity contribution in [1.82, 2.24) is 15.2 Å². The summed E-state index contributed by atoms with van der Waals surface area (Å²) in [6, 6.07) is 2.53. The smallest absolute Gasteiger partial charge is 0.325 e. The Balaban J connectivity index is 1.16. The van der Waals surface area contributed by atoms with E-state index in [1.165, 1.54) is 37.0 Å². The third-order valence-electron chi connectivity index (χ3n) is 8.11. The van der Waals surface area contributed by atoms with E-state index in [-0.39, 0.29) is 41.6 Å². The summed E-state index contributed by atoms with van der Waals surface area (Å²) in [5.41, 5.74) is 5.67. The topological polar surface area (TPSA) is 115 Å². The number of primary amides is 1. The number of nitrogens with two attached hydrogens (primary N) is 1. The second-order valence-electron chi connectivity index (χ2n) is 9.99. The van der Waals surface area contributed by atoms with Crippen molar-refractivity contribution in [3.05, 3.63) is 23.9 Å². The zero-order chi connectivity index (χ0) is 22.2. The molecule has 1 aromatic rings. The number of hydrogen-bond donors (Lipinski definition) is 2. The van der Waals surface area contributed by atoms with Gasteiger partial charge in [-0.1, -0.05) is 12.8 Å². The van der Waals surface area contributed by atoms with Crippen LogP contribution in [-0.4, -0.2) is 45.9 Å². The van der Waals surface area contributed by atoms with Crippen molar-refractivity contribution >= 4 is 17.8 Å². The van der Waals surface area contributed by atoms with E-state index in [0.29, 0.717) is 31.6 Å². The highest BCUT2D eigenvalue weighted by molar-refractivity contribution is 6.04. The fourth-order valence-corrected chi connectivity index (χ4v) is 6.41. The van der Waals surface area contributed by atoms with Crippen LogP contribution in [0.5, 0.6) is 5.88 Å². The number of fused-ring (bicyclic) bond motifs is 3. The van der Waals surface area contributed by atoms with Crippen molar-refractivity contribution in [2.45, 2.75) is 82.4 Å². The van der Waals surface area contributed by atoms with Crippen LogP contribution in [0.25, 0.3) is 0 Å². The van der Waals surface area contributed by atoms with E-state index >= 15 is 0 Å². The lowest BCUT2D eigenvalue weighted by Gasteiger charge is -2.43. The number of nitrogens with zero attached hydrogens (tertiary/aromatic N) is 2. The van der Waals surface area contributed by atoms with Crippen LogP contribution >= 0.6 is 0 Å². The zero-order valence-corrected chi connectivity index (χ0v) is 18.4. The van der Waals surface area contributed by atoms with E-state index < -0.39 is 5.91 Å². The molecule has 4 amide bonds. The Morgan fingerprint density at radius 3 is 2.53 bits per heavy atom. The van der Waals surface area contributed by atoms with Gasteiger partial charge in [0, 0.05) is 12.2 Å². The monoisotopic (exact) mass is 440 g/mol. The van der Waals surface area contributed by atoms with Crippen LogP contribution < -0.4 is 15.8 Å². The van der Waals surface area contributed by atoms with Gasteiger partial charge in [0.25, 0.3) is 11.8 Å². The Morgan fingerprint density at radius 2 is 1.88 bits per heavy atom. The molecule has 5 aliphatic rings. The quantitative estimate of drug-likeness (QED) is 0.660. The lowest BCUT2D eigenvalue weighted by molar-refractivity contribution is -0.130. The molecule has 0 aromatic carbocycles.